The molecule has 0 aliphatic carbocycles. The number of carbonyl (C=O) groups excluding carboxylic acids is 1. The van der Waals surface area contributed by atoms with Crippen molar-refractivity contribution in [3.05, 3.63) is 69.2 Å². The summed E-state index contributed by atoms with van der Waals surface area (Å²) in [5, 5.41) is 0.512. The van der Waals surface area contributed by atoms with Gasteiger partial charge in [-0.25, -0.2) is 4.98 Å². The average molecular weight is 405 g/mol. The molecule has 0 aliphatic heterocycles. The van der Waals surface area contributed by atoms with Gasteiger partial charge in [0.15, 0.2) is 0 Å². The maximum absolute atomic E-state index is 11.9. The number of para-hydroxylation sites is 1. The van der Waals surface area contributed by atoms with Gasteiger partial charge in [-0.2, -0.15) is 0 Å². The van der Waals surface area contributed by atoms with Crippen LogP contribution in [0.3, 0.4) is 0 Å². The second kappa shape index (κ2) is 7.63. The molecule has 0 bridgehead atoms. The summed E-state index contributed by atoms with van der Waals surface area (Å²) in [4.78, 5) is 31.7. The maximum Gasteiger partial charge on any atom is 0.316 e. The van der Waals surface area contributed by atoms with E-state index in [1.165, 1.54) is 11.8 Å². The number of nitrogens with one attached hydrogen (secondary N) is 1. The summed E-state index contributed by atoms with van der Waals surface area (Å²) in [5.41, 5.74) is 0.340. The van der Waals surface area contributed by atoms with Crippen LogP contribution in [0.2, 0.25) is 0 Å². The molecule has 0 fully saturated rings. The Balaban J connectivity index is 1.58. The largest absolute Gasteiger partial charge is 0.457 e. The number of ether oxygens (including phenoxy) is 1. The van der Waals surface area contributed by atoms with Gasteiger partial charge in [0.1, 0.15) is 12.4 Å². The highest BCUT2D eigenvalue weighted by Gasteiger charge is 2.08. The zero-order valence-electron chi connectivity index (χ0n) is 12.5. The number of rotatable bonds is 5. The number of thioether (sulfide) groups is 1. The number of aromatic amines is 1. The summed E-state index contributed by atoms with van der Waals surface area (Å²) >= 11 is 4.75. The molecule has 1 heterocycles. The number of H-pyrrole nitrogens is 1. The molecule has 0 amide bonds. The minimum Gasteiger partial charge on any atom is -0.457 e. The summed E-state index contributed by atoms with van der Waals surface area (Å²) in [5.74, 6) is 0.166. The molecule has 24 heavy (non-hydrogen) atoms. The molecular weight excluding hydrogens is 392 g/mol. The number of esters is 1. The molecule has 1 N–H and O–H groups in total. The van der Waals surface area contributed by atoms with Crippen LogP contribution in [0, 0.1) is 0 Å². The lowest BCUT2D eigenvalue weighted by Gasteiger charge is -2.05. The van der Waals surface area contributed by atoms with Crippen molar-refractivity contribution in [1.29, 1.82) is 0 Å². The van der Waals surface area contributed by atoms with Crippen molar-refractivity contribution in [2.75, 3.05) is 5.75 Å². The molecule has 122 valence electrons. The number of fused-ring (bicyclic) bond motifs is 1. The standard InChI is InChI=1S/C17H13BrN2O3S/c18-11-5-7-12(8-6-11)24-10-16(21)23-9-15-19-14-4-2-1-3-13(14)17(22)20-15/h1-8H,9-10H2,(H,19,20,22). The van der Waals surface area contributed by atoms with E-state index in [2.05, 4.69) is 25.9 Å². The lowest BCUT2D eigenvalue weighted by Crippen LogP contribution is -2.15. The third-order valence-electron chi connectivity index (χ3n) is 3.20. The molecule has 7 heteroatoms. The Kier molecular flexibility index (Phi) is 5.32. The second-order valence-corrected chi connectivity index (χ2v) is 6.90. The van der Waals surface area contributed by atoms with Gasteiger partial charge in [0.05, 0.1) is 16.7 Å². The monoisotopic (exact) mass is 404 g/mol. The lowest BCUT2D eigenvalue weighted by molar-refractivity contribution is -0.141. The van der Waals surface area contributed by atoms with Crippen LogP contribution in [-0.4, -0.2) is 21.7 Å². The summed E-state index contributed by atoms with van der Waals surface area (Å²) in [6.45, 7) is -0.0557. The summed E-state index contributed by atoms with van der Waals surface area (Å²) in [6.07, 6.45) is 0. The van der Waals surface area contributed by atoms with Crippen LogP contribution in [0.1, 0.15) is 5.82 Å². The van der Waals surface area contributed by atoms with Gasteiger partial charge >= 0.3 is 5.97 Å². The van der Waals surface area contributed by atoms with Crippen LogP contribution in [0.25, 0.3) is 10.9 Å². The van der Waals surface area contributed by atoms with E-state index in [-0.39, 0.29) is 23.9 Å². The third kappa shape index (κ3) is 4.24. The summed E-state index contributed by atoms with van der Waals surface area (Å²) < 4.78 is 6.16. The van der Waals surface area contributed by atoms with Crippen LogP contribution >= 0.6 is 27.7 Å². The van der Waals surface area contributed by atoms with Gasteiger partial charge in [-0.1, -0.05) is 28.1 Å². The third-order valence-corrected chi connectivity index (χ3v) is 4.72. The Morgan fingerprint density at radius 3 is 2.71 bits per heavy atom. The first-order chi connectivity index (χ1) is 11.6. The molecule has 0 radical (unpaired) electrons. The SMILES string of the molecule is O=C(CSc1ccc(Br)cc1)OCc1nc2ccccc2c(=O)[nH]1. The van der Waals surface area contributed by atoms with Crippen molar-refractivity contribution in [2.24, 2.45) is 0 Å². The molecule has 3 rings (SSSR count). The number of benzene rings is 2. The molecule has 0 saturated heterocycles. The van der Waals surface area contributed by atoms with Crippen LogP contribution in [0.5, 0.6) is 0 Å². The van der Waals surface area contributed by atoms with E-state index in [1.807, 2.05) is 24.3 Å². The van der Waals surface area contributed by atoms with Crippen LogP contribution in [0.4, 0.5) is 0 Å². The van der Waals surface area contributed by atoms with Gasteiger partial charge in [-0.05, 0) is 36.4 Å². The van der Waals surface area contributed by atoms with E-state index in [1.54, 1.807) is 24.3 Å². The molecule has 0 aliphatic rings. The van der Waals surface area contributed by atoms with Crippen molar-refractivity contribution >= 4 is 44.6 Å². The topological polar surface area (TPSA) is 72.0 Å². The fourth-order valence-corrected chi connectivity index (χ4v) is 3.03. The van der Waals surface area contributed by atoms with Crippen molar-refractivity contribution < 1.29 is 9.53 Å². The lowest BCUT2D eigenvalue weighted by atomic mass is 10.2. The summed E-state index contributed by atoms with van der Waals surface area (Å²) in [6, 6.07) is 14.7. The molecular formula is C17H13BrN2O3S. The fourth-order valence-electron chi connectivity index (χ4n) is 2.07. The number of carbonyl (C=O) groups is 1. The zero-order valence-corrected chi connectivity index (χ0v) is 14.9. The van der Waals surface area contributed by atoms with E-state index in [9.17, 15) is 9.59 Å². The van der Waals surface area contributed by atoms with E-state index < -0.39 is 0 Å². The van der Waals surface area contributed by atoms with Crippen molar-refractivity contribution in [3.8, 4) is 0 Å². The van der Waals surface area contributed by atoms with Gasteiger partial charge in [-0.3, -0.25) is 9.59 Å². The first-order valence-electron chi connectivity index (χ1n) is 7.14. The van der Waals surface area contributed by atoms with Crippen LogP contribution in [0.15, 0.2) is 62.7 Å². The number of halogens is 1. The average Bonchev–Trinajstić information content (AvgIpc) is 2.59. The number of nitrogens with zero attached hydrogens (tertiary/aromatic N) is 1. The van der Waals surface area contributed by atoms with E-state index in [0.29, 0.717) is 16.7 Å². The highest BCUT2D eigenvalue weighted by Crippen LogP contribution is 2.20. The normalized spacial score (nSPS) is 10.7. The zero-order chi connectivity index (χ0) is 16.9. The molecule has 1 aromatic heterocycles. The van der Waals surface area contributed by atoms with Crippen molar-refractivity contribution in [2.45, 2.75) is 11.5 Å². The van der Waals surface area contributed by atoms with Crippen molar-refractivity contribution in [3.63, 3.8) is 0 Å². The molecule has 3 aromatic rings. The summed E-state index contributed by atoms with van der Waals surface area (Å²) in [7, 11) is 0. The second-order valence-electron chi connectivity index (χ2n) is 4.93. The fraction of sp³-hybridized carbons (Fsp3) is 0.118. The Morgan fingerprint density at radius 1 is 1.17 bits per heavy atom. The predicted molar refractivity (Wildman–Crippen MR) is 97.0 cm³/mol. The molecule has 2 aromatic carbocycles. The van der Waals surface area contributed by atoms with Gasteiger partial charge < -0.3 is 9.72 Å². The molecule has 0 atom stereocenters. The molecule has 0 saturated carbocycles. The first kappa shape index (κ1) is 16.7. The van der Waals surface area contributed by atoms with E-state index in [4.69, 9.17) is 4.74 Å². The Labute approximate surface area is 150 Å². The quantitative estimate of drug-likeness (QED) is 0.520. The van der Waals surface area contributed by atoms with Gasteiger partial charge in [-0.15, -0.1) is 11.8 Å². The maximum atomic E-state index is 11.9. The van der Waals surface area contributed by atoms with Gasteiger partial charge in [0.2, 0.25) is 0 Å². The van der Waals surface area contributed by atoms with E-state index in [0.717, 1.165) is 9.37 Å². The van der Waals surface area contributed by atoms with Gasteiger partial charge in [0, 0.05) is 9.37 Å². The first-order valence-corrected chi connectivity index (χ1v) is 8.91. The van der Waals surface area contributed by atoms with Crippen LogP contribution < -0.4 is 5.56 Å². The molecule has 5 nitrogen and oxygen atoms in total. The predicted octanol–water partition coefficient (Wildman–Crippen LogP) is 3.52. The Hall–Kier alpha value is -2.12. The van der Waals surface area contributed by atoms with Gasteiger partial charge in [0.25, 0.3) is 5.56 Å². The van der Waals surface area contributed by atoms with Crippen LogP contribution in [-0.2, 0) is 16.1 Å². The Bertz CT molecular complexity index is 925. The number of hydrogen-bond acceptors (Lipinski definition) is 5. The highest BCUT2D eigenvalue weighted by atomic mass is 79.9. The number of aromatic nitrogens is 2. The minimum atomic E-state index is -0.362. The minimum absolute atomic E-state index is 0.0557. The highest BCUT2D eigenvalue weighted by molar-refractivity contribution is 9.10. The Morgan fingerprint density at radius 2 is 1.92 bits per heavy atom. The van der Waals surface area contributed by atoms with E-state index >= 15 is 0 Å². The number of hydrogen-bond donors (Lipinski definition) is 1. The molecule has 0 unspecified atom stereocenters. The van der Waals surface area contributed by atoms with Crippen molar-refractivity contribution in [1.82, 2.24) is 9.97 Å². The molecule has 0 spiro atoms. The smallest absolute Gasteiger partial charge is 0.316 e.